The molecule has 9 heteroatoms. The predicted molar refractivity (Wildman–Crippen MR) is 126 cm³/mol. The Kier molecular flexibility index (Phi) is 5.77. The van der Waals surface area contributed by atoms with Crippen LogP contribution in [-0.4, -0.2) is 28.0 Å². The molecular weight excluding hydrogens is 496 g/mol. The Balaban J connectivity index is 1.68. The Morgan fingerprint density at radius 1 is 1.16 bits per heavy atom. The lowest BCUT2D eigenvalue weighted by atomic mass is 10.1. The summed E-state index contributed by atoms with van der Waals surface area (Å²) in [6.45, 7) is 1.83. The highest BCUT2D eigenvalue weighted by Gasteiger charge is 2.35. The van der Waals surface area contributed by atoms with Crippen LogP contribution >= 0.6 is 28.1 Å². The fourth-order valence-electron chi connectivity index (χ4n) is 3.28. The molecule has 1 fully saturated rings. The first-order chi connectivity index (χ1) is 15.2. The molecule has 1 aromatic heterocycles. The van der Waals surface area contributed by atoms with E-state index in [0.717, 1.165) is 10.0 Å². The average Bonchev–Trinajstić information content (AvgIpc) is 3.21. The third-order valence-corrected chi connectivity index (χ3v) is 5.59. The molecule has 0 radical (unpaired) electrons. The molecule has 2 N–H and O–H groups in total. The van der Waals surface area contributed by atoms with Gasteiger partial charge in [0.25, 0.3) is 11.8 Å². The molecule has 1 aliphatic heterocycles. The molecule has 0 unspecified atom stereocenters. The number of hydrogen-bond acceptors (Lipinski definition) is 5. The van der Waals surface area contributed by atoms with Crippen LogP contribution in [0.15, 0.2) is 69.1 Å². The lowest BCUT2D eigenvalue weighted by Crippen LogP contribution is -2.54. The Bertz CT molecular complexity index is 1330. The molecule has 1 saturated heterocycles. The van der Waals surface area contributed by atoms with Crippen LogP contribution in [0.2, 0.25) is 0 Å². The third kappa shape index (κ3) is 4.12. The second kappa shape index (κ2) is 8.52. The number of carbonyl (C=O) groups excluding carboxylic acids is 2. The topological polar surface area (TPSA) is 99.8 Å². The Labute approximate surface area is 196 Å². The number of rotatable bonds is 4. The van der Waals surface area contributed by atoms with Crippen LogP contribution < -0.4 is 10.2 Å². The largest absolute Gasteiger partial charge is 0.478 e. The number of thiocarbonyl (C=S) groups is 1. The van der Waals surface area contributed by atoms with E-state index in [4.69, 9.17) is 16.6 Å². The Morgan fingerprint density at radius 2 is 1.94 bits per heavy atom. The molecular formula is C23H15BrN2O5S. The number of halogens is 1. The number of aromatic carboxylic acids is 1. The fourth-order valence-corrected chi connectivity index (χ4v) is 4.03. The number of hydrogen-bond donors (Lipinski definition) is 2. The van der Waals surface area contributed by atoms with Crippen molar-refractivity contribution in [1.29, 1.82) is 0 Å². The molecule has 7 nitrogen and oxygen atoms in total. The normalized spacial score (nSPS) is 15.2. The zero-order chi connectivity index (χ0) is 23.0. The molecule has 0 bridgehead atoms. The lowest BCUT2D eigenvalue weighted by Gasteiger charge is -2.29. The standard InChI is InChI=1S/C23H15BrN2O5S/c1-12-9-15(24)5-7-18(12)26-21(28)17(20(27)25-23(26)32)11-16-6-8-19(31-16)13-3-2-4-14(10-13)22(29)30/h2-11H,1H3,(H,29,30)(H,25,27,32)/b17-11-. The molecule has 0 aliphatic carbocycles. The molecule has 2 amide bonds. The number of carboxylic acid groups (broad SMARTS) is 1. The van der Waals surface area contributed by atoms with Crippen molar-refractivity contribution in [2.75, 3.05) is 4.90 Å². The van der Waals surface area contributed by atoms with Gasteiger partial charge in [-0.3, -0.25) is 19.8 Å². The maximum atomic E-state index is 13.2. The summed E-state index contributed by atoms with van der Waals surface area (Å²) in [7, 11) is 0. The summed E-state index contributed by atoms with van der Waals surface area (Å²) < 4.78 is 6.60. The Morgan fingerprint density at radius 3 is 2.66 bits per heavy atom. The summed E-state index contributed by atoms with van der Waals surface area (Å²) in [4.78, 5) is 38.1. The van der Waals surface area contributed by atoms with Gasteiger partial charge in [0.1, 0.15) is 17.1 Å². The van der Waals surface area contributed by atoms with Gasteiger partial charge in [-0.25, -0.2) is 4.79 Å². The van der Waals surface area contributed by atoms with E-state index in [-0.39, 0.29) is 22.0 Å². The monoisotopic (exact) mass is 510 g/mol. The maximum Gasteiger partial charge on any atom is 0.335 e. The number of furan rings is 1. The maximum absolute atomic E-state index is 13.2. The van der Waals surface area contributed by atoms with E-state index < -0.39 is 17.8 Å². The van der Waals surface area contributed by atoms with E-state index >= 15 is 0 Å². The predicted octanol–water partition coefficient (Wildman–Crippen LogP) is 4.55. The van der Waals surface area contributed by atoms with Gasteiger partial charge in [-0.15, -0.1) is 0 Å². The zero-order valence-corrected chi connectivity index (χ0v) is 19.0. The quantitative estimate of drug-likeness (QED) is 0.303. The summed E-state index contributed by atoms with van der Waals surface area (Å²) in [5, 5.41) is 11.7. The van der Waals surface area contributed by atoms with Gasteiger partial charge in [-0.2, -0.15) is 0 Å². The van der Waals surface area contributed by atoms with Crippen molar-refractivity contribution in [2.45, 2.75) is 6.92 Å². The van der Waals surface area contributed by atoms with Crippen LogP contribution in [0.4, 0.5) is 5.69 Å². The van der Waals surface area contributed by atoms with Gasteiger partial charge in [0.05, 0.1) is 11.3 Å². The van der Waals surface area contributed by atoms with Crippen LogP contribution in [0, 0.1) is 6.92 Å². The first kappa shape index (κ1) is 21.7. The van der Waals surface area contributed by atoms with E-state index in [9.17, 15) is 19.5 Å². The number of carboxylic acids is 1. The highest BCUT2D eigenvalue weighted by Crippen LogP contribution is 2.29. The smallest absolute Gasteiger partial charge is 0.335 e. The highest BCUT2D eigenvalue weighted by molar-refractivity contribution is 9.10. The summed E-state index contributed by atoms with van der Waals surface area (Å²) in [5.74, 6) is -1.59. The lowest BCUT2D eigenvalue weighted by molar-refractivity contribution is -0.122. The number of amides is 2. The first-order valence-corrected chi connectivity index (χ1v) is 10.6. The minimum atomic E-state index is -1.05. The van der Waals surface area contributed by atoms with E-state index in [2.05, 4.69) is 21.2 Å². The third-order valence-electron chi connectivity index (χ3n) is 4.81. The number of benzene rings is 2. The second-order valence-corrected chi connectivity index (χ2v) is 8.28. The van der Waals surface area contributed by atoms with Crippen molar-refractivity contribution < 1.29 is 23.9 Å². The molecule has 1 aliphatic rings. The first-order valence-electron chi connectivity index (χ1n) is 9.36. The number of carbonyl (C=O) groups is 3. The number of nitrogens with one attached hydrogen (secondary N) is 1. The fraction of sp³-hybridized carbons (Fsp3) is 0.0435. The summed E-state index contributed by atoms with van der Waals surface area (Å²) in [5.41, 5.74) is 1.89. The molecule has 0 atom stereocenters. The van der Waals surface area contributed by atoms with Crippen LogP contribution in [0.5, 0.6) is 0 Å². The second-order valence-electron chi connectivity index (χ2n) is 6.98. The molecule has 3 aromatic rings. The molecule has 32 heavy (non-hydrogen) atoms. The highest BCUT2D eigenvalue weighted by atomic mass is 79.9. The minimum absolute atomic E-state index is 0.00630. The van der Waals surface area contributed by atoms with Gasteiger partial charge in [0.15, 0.2) is 5.11 Å². The summed E-state index contributed by atoms with van der Waals surface area (Å²) in [6.07, 6.45) is 1.34. The molecule has 0 spiro atoms. The van der Waals surface area contributed by atoms with Crippen molar-refractivity contribution in [3.63, 3.8) is 0 Å². The van der Waals surface area contributed by atoms with Crippen LogP contribution in [0.3, 0.4) is 0 Å². The van der Waals surface area contributed by atoms with Crippen LogP contribution in [0.1, 0.15) is 21.7 Å². The number of nitrogens with zero attached hydrogens (tertiary/aromatic N) is 1. The summed E-state index contributed by atoms with van der Waals surface area (Å²) >= 11 is 8.63. The summed E-state index contributed by atoms with van der Waals surface area (Å²) in [6, 6.07) is 14.9. The van der Waals surface area contributed by atoms with Gasteiger partial charge in [0.2, 0.25) is 0 Å². The van der Waals surface area contributed by atoms with E-state index in [1.54, 1.807) is 36.4 Å². The van der Waals surface area contributed by atoms with Gasteiger partial charge in [-0.05, 0) is 73.2 Å². The van der Waals surface area contributed by atoms with Crippen LogP contribution in [-0.2, 0) is 9.59 Å². The average molecular weight is 511 g/mol. The van der Waals surface area contributed by atoms with Crippen molar-refractivity contribution >= 4 is 62.8 Å². The SMILES string of the molecule is Cc1cc(Br)ccc1N1C(=O)/C(=C\c2ccc(-c3cccc(C(=O)O)c3)o2)C(=O)NC1=S. The van der Waals surface area contributed by atoms with E-state index in [1.165, 1.54) is 23.1 Å². The molecule has 2 aromatic carbocycles. The van der Waals surface area contributed by atoms with Gasteiger partial charge >= 0.3 is 5.97 Å². The molecule has 160 valence electrons. The zero-order valence-electron chi connectivity index (χ0n) is 16.6. The molecule has 0 saturated carbocycles. The number of aryl methyl sites for hydroxylation is 1. The van der Waals surface area contributed by atoms with Gasteiger partial charge < -0.3 is 9.52 Å². The van der Waals surface area contributed by atoms with Crippen molar-refractivity contribution in [3.8, 4) is 11.3 Å². The Hall–Kier alpha value is -3.56. The number of anilines is 1. The molecule has 2 heterocycles. The van der Waals surface area contributed by atoms with Crippen LogP contribution in [0.25, 0.3) is 17.4 Å². The van der Waals surface area contributed by atoms with Crippen molar-refractivity contribution in [1.82, 2.24) is 5.32 Å². The van der Waals surface area contributed by atoms with Gasteiger partial charge in [0, 0.05) is 10.0 Å². The van der Waals surface area contributed by atoms with E-state index in [1.807, 2.05) is 13.0 Å². The minimum Gasteiger partial charge on any atom is -0.478 e. The van der Waals surface area contributed by atoms with Gasteiger partial charge in [-0.1, -0.05) is 28.1 Å². The molecule has 4 rings (SSSR count). The van der Waals surface area contributed by atoms with Crippen molar-refractivity contribution in [2.24, 2.45) is 0 Å². The van der Waals surface area contributed by atoms with E-state index in [0.29, 0.717) is 17.0 Å². The van der Waals surface area contributed by atoms with Crippen molar-refractivity contribution in [3.05, 3.63) is 81.5 Å².